The highest BCUT2D eigenvalue weighted by atomic mass is 35.5. The van der Waals surface area contributed by atoms with Gasteiger partial charge in [0.15, 0.2) is 33.5 Å². The van der Waals surface area contributed by atoms with Crippen LogP contribution in [-0.4, -0.2) is 88.7 Å². The van der Waals surface area contributed by atoms with Crippen molar-refractivity contribution in [1.82, 2.24) is 58.1 Å². The number of hydrogen-bond acceptors (Lipinski definition) is 18. The predicted octanol–water partition coefficient (Wildman–Crippen LogP) is 10.8. The number of nitrogens with two attached hydrogens (primary N) is 1. The van der Waals surface area contributed by atoms with E-state index in [0.29, 0.717) is 27.5 Å². The third kappa shape index (κ3) is 8.24. The van der Waals surface area contributed by atoms with E-state index in [0.717, 1.165) is 152 Å². The molecule has 10 aromatic rings. The van der Waals surface area contributed by atoms with E-state index in [-0.39, 0.29) is 22.9 Å². The molecule has 2 saturated heterocycles. The van der Waals surface area contributed by atoms with Gasteiger partial charge in [-0.05, 0) is 127 Å². The maximum Gasteiger partial charge on any atom is 0.165 e. The molecule has 0 amide bonds. The van der Waals surface area contributed by atoms with E-state index in [1.54, 1.807) is 12.4 Å². The molecule has 15 rings (SSSR count). The van der Waals surface area contributed by atoms with Crippen LogP contribution in [0.25, 0.3) is 33.6 Å². The van der Waals surface area contributed by atoms with Crippen molar-refractivity contribution in [1.29, 1.82) is 0 Å². The number of anilines is 5. The molecule has 2 aliphatic carbocycles. The zero-order chi connectivity index (χ0) is 55.5. The van der Waals surface area contributed by atoms with Crippen molar-refractivity contribution >= 4 is 132 Å². The highest BCUT2D eigenvalue weighted by Gasteiger charge is 2.58. The van der Waals surface area contributed by atoms with Crippen LogP contribution in [0.2, 0.25) is 10.0 Å². The minimum Gasteiger partial charge on any atom is -0.598 e. The Labute approximate surface area is 491 Å². The summed E-state index contributed by atoms with van der Waals surface area (Å²) < 4.78 is 38.1. The quantitative estimate of drug-likeness (QED) is 0.0934. The molecule has 0 bridgehead atoms. The summed E-state index contributed by atoms with van der Waals surface area (Å²) in [7, 11) is 0. The Balaban J connectivity index is 0.657. The maximum atomic E-state index is 14.3. The van der Waals surface area contributed by atoms with Crippen molar-refractivity contribution < 1.29 is 9.11 Å². The van der Waals surface area contributed by atoms with Crippen LogP contribution < -0.4 is 30.3 Å². The van der Waals surface area contributed by atoms with Gasteiger partial charge in [-0.2, -0.15) is 0 Å². The minimum absolute atomic E-state index is 0.0905. The molecule has 0 radical (unpaired) electrons. The van der Waals surface area contributed by atoms with Gasteiger partial charge < -0.3 is 30.0 Å². The molecular weight excluding hydrogens is 1140 g/mol. The SMILES string of the molecule is CC(C)(C)[S+]([O-])N[C@@H]1c2ncccc2CC12CCN(c1nc3ccc(Sc4ccnc(Nc5cc6c7c(n5)CC5(CCN(c8nc9ccc(Sc%10ccnc(N)c%10Cl)c%10ncc8n9%10)CC5)C7N[S+]([O-])C6(C)C)c4Cl)c4ncc1n34)CC2. The molecule has 10 aromatic heterocycles. The molecular formula is C57H56Cl2N16O2S4. The number of nitrogens with one attached hydrogen (secondary N) is 3. The summed E-state index contributed by atoms with van der Waals surface area (Å²) in [6.07, 6.45) is 14.3. The number of rotatable bonds is 10. The Morgan fingerprint density at radius 2 is 1.35 bits per heavy atom. The predicted molar refractivity (Wildman–Crippen MR) is 322 cm³/mol. The summed E-state index contributed by atoms with van der Waals surface area (Å²) in [5.74, 6) is 3.21. The molecule has 24 heteroatoms. The number of halogens is 2. The number of hydrogen-bond donors (Lipinski definition) is 4. The molecule has 4 atom stereocenters. The topological polar surface area (TPSA) is 227 Å². The molecule has 0 saturated carbocycles. The number of imidazole rings is 4. The van der Waals surface area contributed by atoms with Crippen LogP contribution in [0.1, 0.15) is 100 Å². The van der Waals surface area contributed by atoms with Gasteiger partial charge in [0.25, 0.3) is 0 Å². The third-order valence-corrected chi connectivity index (χ3v) is 24.0. The van der Waals surface area contributed by atoms with Crippen molar-refractivity contribution in [2.24, 2.45) is 10.8 Å². The molecule has 2 spiro atoms. The molecule has 3 unspecified atom stereocenters. The Morgan fingerprint density at radius 3 is 1.98 bits per heavy atom. The normalized spacial score (nSPS) is 21.4. The van der Waals surface area contributed by atoms with E-state index < -0.39 is 32.2 Å². The Bertz CT molecular complexity index is 4140. The molecule has 0 aromatic carbocycles. The van der Waals surface area contributed by atoms with Crippen molar-refractivity contribution in [3.63, 3.8) is 0 Å². The van der Waals surface area contributed by atoms with E-state index in [1.165, 1.54) is 29.1 Å². The van der Waals surface area contributed by atoms with Crippen molar-refractivity contribution in [3.8, 4) is 0 Å². The van der Waals surface area contributed by atoms with Gasteiger partial charge in [-0.3, -0.25) is 13.8 Å². The Hall–Kier alpha value is -5.66. The van der Waals surface area contributed by atoms with Crippen LogP contribution >= 0.6 is 46.7 Å². The second kappa shape index (κ2) is 18.9. The van der Waals surface area contributed by atoms with Crippen LogP contribution in [-0.2, 0) is 40.3 Å². The average Bonchev–Trinajstić information content (AvgIpc) is 2.77. The summed E-state index contributed by atoms with van der Waals surface area (Å²) >= 11 is 14.3. The molecule has 5 N–H and O–H groups in total. The molecule has 13 heterocycles. The summed E-state index contributed by atoms with van der Waals surface area (Å²) in [4.78, 5) is 47.4. The van der Waals surface area contributed by atoms with Gasteiger partial charge in [-0.25, -0.2) is 34.9 Å². The lowest BCUT2D eigenvalue weighted by atomic mass is 9.72. The Kier molecular flexibility index (Phi) is 12.2. The first-order valence-corrected chi connectivity index (χ1v) is 31.9. The molecule has 2 fully saturated rings. The summed E-state index contributed by atoms with van der Waals surface area (Å²) in [5, 5.41) is 4.39. The van der Waals surface area contributed by atoms with E-state index in [1.807, 2.05) is 95.7 Å². The second-order valence-electron chi connectivity index (χ2n) is 23.7. The van der Waals surface area contributed by atoms with E-state index >= 15 is 0 Å². The number of fused-ring (bicyclic) bond motifs is 2. The maximum absolute atomic E-state index is 14.3. The van der Waals surface area contributed by atoms with Gasteiger partial charge in [-0.1, -0.05) is 52.8 Å². The van der Waals surface area contributed by atoms with Gasteiger partial charge in [0.05, 0.1) is 44.0 Å². The van der Waals surface area contributed by atoms with E-state index in [2.05, 4.69) is 50.5 Å². The molecule has 18 nitrogen and oxygen atoms in total. The zero-order valence-electron chi connectivity index (χ0n) is 45.0. The van der Waals surface area contributed by atoms with Gasteiger partial charge in [0, 0.05) is 105 Å². The summed E-state index contributed by atoms with van der Waals surface area (Å²) in [5.41, 5.74) is 16.3. The van der Waals surface area contributed by atoms with Crippen LogP contribution in [0.3, 0.4) is 0 Å². The molecule has 3 aliphatic heterocycles. The summed E-state index contributed by atoms with van der Waals surface area (Å²) in [6.45, 7) is 13.2. The van der Waals surface area contributed by atoms with Crippen molar-refractivity contribution in [2.45, 2.75) is 114 Å². The fraction of sp³-hybridized carbons (Fsp3) is 0.368. The number of nitrogens with zero attached hydrogens (tertiary/aromatic N) is 12. The van der Waals surface area contributed by atoms with Crippen molar-refractivity contribution in [3.05, 3.63) is 124 Å². The van der Waals surface area contributed by atoms with Gasteiger partial charge in [0.2, 0.25) is 0 Å². The fourth-order valence-electron chi connectivity index (χ4n) is 13.3. The lowest BCUT2D eigenvalue weighted by Gasteiger charge is -2.46. The van der Waals surface area contributed by atoms with Crippen LogP contribution in [0.4, 0.5) is 29.1 Å². The monoisotopic (exact) mass is 1190 g/mol. The van der Waals surface area contributed by atoms with Gasteiger partial charge >= 0.3 is 0 Å². The number of aromatic nitrogens is 10. The summed E-state index contributed by atoms with van der Waals surface area (Å²) in [6, 6.07) is 18.0. The van der Waals surface area contributed by atoms with Crippen LogP contribution in [0.5, 0.6) is 0 Å². The smallest absolute Gasteiger partial charge is 0.165 e. The highest BCUT2D eigenvalue weighted by Crippen LogP contribution is 2.59. The van der Waals surface area contributed by atoms with E-state index in [4.69, 9.17) is 63.8 Å². The van der Waals surface area contributed by atoms with E-state index in [9.17, 15) is 9.11 Å². The zero-order valence-corrected chi connectivity index (χ0v) is 49.7. The second-order valence-corrected chi connectivity index (χ2v) is 30.4. The Morgan fingerprint density at radius 1 is 0.741 bits per heavy atom. The number of pyridine rings is 6. The largest absolute Gasteiger partial charge is 0.598 e. The number of piperidine rings is 2. The van der Waals surface area contributed by atoms with Crippen molar-refractivity contribution in [2.75, 3.05) is 47.0 Å². The molecule has 81 heavy (non-hydrogen) atoms. The minimum atomic E-state index is -1.37. The third-order valence-electron chi connectivity index (χ3n) is 17.7. The first-order valence-electron chi connectivity index (χ1n) is 27.2. The van der Waals surface area contributed by atoms with Gasteiger partial charge in [0.1, 0.15) is 44.8 Å². The fourth-order valence-corrected chi connectivity index (χ4v) is 17.8. The standard InChI is InChI=1S/C57H56Cl2N16O2S4/c1-54(2,3)80(76)71-47-45-30(7-6-18-61-45)26-56(47)14-21-72(22-15-56)50-33-29-65-53-38(9-11-41(68-50)75(33)53)79-36-13-20-63-49(44(36)59)67-39-25-31-42-32(66-39)27-57(46(42)70-81(77)55(31,4)5)16-23-73(24-17-57)51-34-28-64-52-37(8-10-40(69-51)74(34)52)78-35-12-19-62-48(60)43(35)58/h6-13,18-20,25,28-29,46-47,70-71H,14-17,21-24,26-27H2,1-5H3,(H2,60,62)(H,63,66,67)/t46?,47-,80?,81?/m1/s1. The van der Waals surface area contributed by atoms with Gasteiger partial charge in [-0.15, -0.1) is 9.44 Å². The lowest BCUT2D eigenvalue weighted by Crippen LogP contribution is -2.52. The van der Waals surface area contributed by atoms with Crippen LogP contribution in [0, 0.1) is 10.8 Å². The van der Waals surface area contributed by atoms with Crippen LogP contribution in [0.15, 0.2) is 105 Å². The molecule has 5 aliphatic rings. The lowest BCUT2D eigenvalue weighted by molar-refractivity contribution is 0.173. The first-order chi connectivity index (χ1) is 39.0. The first kappa shape index (κ1) is 52.2. The number of nitrogen functional groups attached to an aromatic ring is 1. The molecule has 414 valence electrons. The highest BCUT2D eigenvalue weighted by molar-refractivity contribution is 8.00. The average molecular weight is 1200 g/mol.